The molecule has 2 atom stereocenters. The molecule has 1 saturated carbocycles. The van der Waals surface area contributed by atoms with Gasteiger partial charge in [-0.05, 0) is 25.0 Å². The fourth-order valence-corrected chi connectivity index (χ4v) is 4.03. The molecule has 6 heteroatoms. The summed E-state index contributed by atoms with van der Waals surface area (Å²) in [6, 6.07) is 7.48. The Balaban J connectivity index is 1.45. The maximum absolute atomic E-state index is 12.7. The highest BCUT2D eigenvalue weighted by Crippen LogP contribution is 2.28. The van der Waals surface area contributed by atoms with Gasteiger partial charge in [-0.25, -0.2) is 4.98 Å². The van der Waals surface area contributed by atoms with Crippen LogP contribution in [0.25, 0.3) is 10.9 Å². The number of rotatable bonds is 3. The normalized spacial score (nSPS) is 23.4. The van der Waals surface area contributed by atoms with Gasteiger partial charge in [-0.1, -0.05) is 25.0 Å². The first-order chi connectivity index (χ1) is 12.2. The van der Waals surface area contributed by atoms with Gasteiger partial charge in [0.05, 0.1) is 29.7 Å². The van der Waals surface area contributed by atoms with E-state index in [4.69, 9.17) is 4.74 Å². The molecule has 0 radical (unpaired) electrons. The van der Waals surface area contributed by atoms with Gasteiger partial charge in [0, 0.05) is 19.4 Å². The van der Waals surface area contributed by atoms with E-state index in [1.807, 2.05) is 23.1 Å². The minimum absolute atomic E-state index is 0.135. The van der Waals surface area contributed by atoms with Gasteiger partial charge in [0.2, 0.25) is 5.91 Å². The van der Waals surface area contributed by atoms with Crippen molar-refractivity contribution >= 4 is 16.8 Å². The molecule has 1 amide bonds. The second-order valence-electron chi connectivity index (χ2n) is 6.88. The van der Waals surface area contributed by atoms with Crippen LogP contribution in [0.3, 0.4) is 0 Å². The van der Waals surface area contributed by atoms with Crippen molar-refractivity contribution in [1.82, 2.24) is 14.9 Å². The summed E-state index contributed by atoms with van der Waals surface area (Å²) in [7, 11) is 0. The van der Waals surface area contributed by atoms with Crippen molar-refractivity contribution in [2.24, 2.45) is 0 Å². The Morgan fingerprint density at radius 3 is 3.04 bits per heavy atom. The number of carbonyl (C=O) groups excluding carboxylic acids is 1. The third-order valence-corrected chi connectivity index (χ3v) is 5.29. The second-order valence-corrected chi connectivity index (χ2v) is 6.88. The zero-order chi connectivity index (χ0) is 17.2. The van der Waals surface area contributed by atoms with Crippen molar-refractivity contribution < 1.29 is 9.53 Å². The molecule has 2 aliphatic rings. The number of hydrogen-bond donors (Lipinski definition) is 1. The van der Waals surface area contributed by atoms with E-state index >= 15 is 0 Å². The number of nitrogens with one attached hydrogen (secondary N) is 1. The topological polar surface area (TPSA) is 75.3 Å². The number of benzene rings is 1. The molecular formula is C19H23N3O3. The van der Waals surface area contributed by atoms with Crippen LogP contribution in [0.15, 0.2) is 29.1 Å². The van der Waals surface area contributed by atoms with E-state index in [1.165, 1.54) is 6.42 Å². The Morgan fingerprint density at radius 2 is 2.12 bits per heavy atom. The predicted octanol–water partition coefficient (Wildman–Crippen LogP) is 2.03. The van der Waals surface area contributed by atoms with Gasteiger partial charge >= 0.3 is 0 Å². The summed E-state index contributed by atoms with van der Waals surface area (Å²) in [5.41, 5.74) is 0.527. The molecule has 1 saturated heterocycles. The summed E-state index contributed by atoms with van der Waals surface area (Å²) < 4.78 is 5.84. The molecule has 2 fully saturated rings. The molecule has 1 aromatic heterocycles. The molecular weight excluding hydrogens is 318 g/mol. The molecule has 0 spiro atoms. The lowest BCUT2D eigenvalue weighted by atomic mass is 9.90. The smallest absolute Gasteiger partial charge is 0.258 e. The fraction of sp³-hybridized carbons (Fsp3) is 0.526. The Hall–Kier alpha value is -2.21. The molecule has 1 aromatic carbocycles. The van der Waals surface area contributed by atoms with Gasteiger partial charge in [-0.3, -0.25) is 9.59 Å². The van der Waals surface area contributed by atoms with Gasteiger partial charge in [0.25, 0.3) is 5.56 Å². The van der Waals surface area contributed by atoms with Gasteiger partial charge in [0.15, 0.2) is 0 Å². The highest BCUT2D eigenvalue weighted by Gasteiger charge is 2.36. The Bertz CT molecular complexity index is 830. The number of aryl methyl sites for hydroxylation is 1. The van der Waals surface area contributed by atoms with Crippen molar-refractivity contribution in [1.29, 1.82) is 0 Å². The summed E-state index contributed by atoms with van der Waals surface area (Å²) in [5, 5.41) is 0.579. The number of fused-ring (bicyclic) bond motifs is 2. The maximum atomic E-state index is 12.7. The van der Waals surface area contributed by atoms with Gasteiger partial charge < -0.3 is 14.6 Å². The number of H-pyrrole nitrogens is 1. The molecule has 0 bridgehead atoms. The number of aromatic nitrogens is 2. The van der Waals surface area contributed by atoms with Gasteiger partial charge in [0.1, 0.15) is 5.82 Å². The van der Waals surface area contributed by atoms with Crippen LogP contribution in [0, 0.1) is 0 Å². The largest absolute Gasteiger partial charge is 0.374 e. The summed E-state index contributed by atoms with van der Waals surface area (Å²) in [6.45, 7) is 1.29. The van der Waals surface area contributed by atoms with E-state index in [2.05, 4.69) is 9.97 Å². The quantitative estimate of drug-likeness (QED) is 0.927. The van der Waals surface area contributed by atoms with Crippen LogP contribution in [0.2, 0.25) is 0 Å². The minimum atomic E-state index is -0.147. The first-order valence-corrected chi connectivity index (χ1v) is 9.11. The summed E-state index contributed by atoms with van der Waals surface area (Å²) in [5.74, 6) is 0.710. The lowest BCUT2D eigenvalue weighted by Crippen LogP contribution is -2.54. The van der Waals surface area contributed by atoms with Crippen LogP contribution in [0.5, 0.6) is 0 Å². The van der Waals surface area contributed by atoms with Gasteiger partial charge in [-0.2, -0.15) is 0 Å². The lowest BCUT2D eigenvalue weighted by molar-refractivity contribution is -0.149. The number of amides is 1. The fourth-order valence-electron chi connectivity index (χ4n) is 4.03. The van der Waals surface area contributed by atoms with E-state index in [0.717, 1.165) is 19.3 Å². The molecule has 1 N–H and O–H groups in total. The van der Waals surface area contributed by atoms with Crippen molar-refractivity contribution in [2.45, 2.75) is 50.7 Å². The first kappa shape index (κ1) is 16.3. The summed E-state index contributed by atoms with van der Waals surface area (Å²) >= 11 is 0. The molecule has 0 unspecified atom stereocenters. The zero-order valence-electron chi connectivity index (χ0n) is 14.2. The van der Waals surface area contributed by atoms with Crippen molar-refractivity contribution in [2.75, 3.05) is 13.2 Å². The number of ether oxygens (including phenoxy) is 1. The van der Waals surface area contributed by atoms with E-state index in [1.54, 1.807) is 6.07 Å². The predicted molar refractivity (Wildman–Crippen MR) is 94.4 cm³/mol. The molecule has 6 nitrogen and oxygen atoms in total. The lowest BCUT2D eigenvalue weighted by Gasteiger charge is -2.43. The Morgan fingerprint density at radius 1 is 1.28 bits per heavy atom. The number of morpholine rings is 1. The zero-order valence-corrected chi connectivity index (χ0v) is 14.2. The molecule has 25 heavy (non-hydrogen) atoms. The average Bonchev–Trinajstić information content (AvgIpc) is 2.66. The van der Waals surface area contributed by atoms with Crippen LogP contribution in [0.1, 0.15) is 37.9 Å². The van der Waals surface area contributed by atoms with Crippen LogP contribution >= 0.6 is 0 Å². The monoisotopic (exact) mass is 341 g/mol. The summed E-state index contributed by atoms with van der Waals surface area (Å²) in [4.78, 5) is 34.1. The van der Waals surface area contributed by atoms with Crippen molar-refractivity contribution in [3.63, 3.8) is 0 Å². The number of nitrogens with zero attached hydrogens (tertiary/aromatic N) is 2. The minimum Gasteiger partial charge on any atom is -0.374 e. The van der Waals surface area contributed by atoms with E-state index in [9.17, 15) is 9.59 Å². The molecule has 2 aromatic rings. The molecule has 132 valence electrons. The second kappa shape index (κ2) is 6.96. The third-order valence-electron chi connectivity index (χ3n) is 5.29. The average molecular weight is 341 g/mol. The highest BCUT2D eigenvalue weighted by atomic mass is 16.5. The molecule has 4 rings (SSSR count). The van der Waals surface area contributed by atoms with E-state index in [0.29, 0.717) is 42.7 Å². The van der Waals surface area contributed by atoms with Crippen molar-refractivity contribution in [3.8, 4) is 0 Å². The van der Waals surface area contributed by atoms with E-state index in [-0.39, 0.29) is 23.6 Å². The number of carbonyl (C=O) groups is 1. The summed E-state index contributed by atoms with van der Waals surface area (Å²) in [6.07, 6.45) is 5.44. The van der Waals surface area contributed by atoms with Crippen molar-refractivity contribution in [3.05, 3.63) is 40.4 Å². The first-order valence-electron chi connectivity index (χ1n) is 9.11. The van der Waals surface area contributed by atoms with Crippen LogP contribution in [0.4, 0.5) is 0 Å². The maximum Gasteiger partial charge on any atom is 0.258 e. The van der Waals surface area contributed by atoms with Crippen LogP contribution < -0.4 is 5.56 Å². The Kier molecular flexibility index (Phi) is 4.53. The molecule has 2 heterocycles. The van der Waals surface area contributed by atoms with Gasteiger partial charge in [-0.15, -0.1) is 0 Å². The third kappa shape index (κ3) is 3.31. The molecule has 1 aliphatic heterocycles. The van der Waals surface area contributed by atoms with Crippen LogP contribution in [-0.4, -0.2) is 46.1 Å². The number of aromatic amines is 1. The SMILES string of the molecule is O=C(CCc1nc2ccccc2c(=O)[nH]1)N1CCO[C@H]2CCCC[C@@H]21. The van der Waals surface area contributed by atoms with E-state index < -0.39 is 0 Å². The number of hydrogen-bond acceptors (Lipinski definition) is 4. The molecule has 1 aliphatic carbocycles. The highest BCUT2D eigenvalue weighted by molar-refractivity contribution is 5.78. The standard InChI is InChI=1S/C19H23N3O3/c23-18(22-11-12-25-16-8-4-3-7-15(16)22)10-9-17-20-14-6-2-1-5-13(14)19(24)21-17/h1-2,5-6,15-16H,3-4,7-12H2,(H,20,21,24)/t15-,16-/m0/s1. The Labute approximate surface area is 146 Å². The van der Waals surface area contributed by atoms with Crippen LogP contribution in [-0.2, 0) is 16.0 Å². The number of para-hydroxylation sites is 1.